The molecule has 2 rings (SSSR count). The van der Waals surface area contributed by atoms with Crippen molar-refractivity contribution in [3.8, 4) is 0 Å². The maximum absolute atomic E-state index is 4.65. The minimum absolute atomic E-state index is 0.493. The van der Waals surface area contributed by atoms with Crippen molar-refractivity contribution in [2.75, 3.05) is 13.6 Å². The van der Waals surface area contributed by atoms with E-state index in [-0.39, 0.29) is 0 Å². The summed E-state index contributed by atoms with van der Waals surface area (Å²) in [4.78, 5) is 0. The average Bonchev–Trinajstić information content (AvgIpc) is 2.90. The summed E-state index contributed by atoms with van der Waals surface area (Å²) in [6.45, 7) is 6.25. The summed E-state index contributed by atoms with van der Waals surface area (Å²) in [5, 5.41) is 7.97. The van der Waals surface area contributed by atoms with Gasteiger partial charge >= 0.3 is 0 Å². The number of nitrogens with zero attached hydrogens (tertiary/aromatic N) is 2. The number of aryl methyl sites for hydroxylation is 2. The highest BCUT2D eigenvalue weighted by Gasteiger charge is 2.15. The lowest BCUT2D eigenvalue weighted by Crippen LogP contribution is -2.20. The zero-order valence-corrected chi connectivity index (χ0v) is 12.8. The Morgan fingerprint density at radius 1 is 1.20 bits per heavy atom. The highest BCUT2D eigenvalue weighted by atomic mass is 15.3. The van der Waals surface area contributed by atoms with Crippen LogP contribution in [0.5, 0.6) is 0 Å². The van der Waals surface area contributed by atoms with Gasteiger partial charge in [0.25, 0.3) is 0 Å². The van der Waals surface area contributed by atoms with Gasteiger partial charge in [0.15, 0.2) is 0 Å². The first kappa shape index (κ1) is 14.8. The fourth-order valence-electron chi connectivity index (χ4n) is 2.66. The Bertz CT molecular complexity index is 516. The molecule has 1 N–H and O–H groups in total. The smallest absolute Gasteiger partial charge is 0.0624 e. The van der Waals surface area contributed by atoms with Crippen molar-refractivity contribution in [2.45, 2.75) is 39.2 Å². The zero-order valence-electron chi connectivity index (χ0n) is 12.8. The van der Waals surface area contributed by atoms with Crippen LogP contribution >= 0.6 is 0 Å². The third-order valence-corrected chi connectivity index (χ3v) is 3.75. The average molecular weight is 271 g/mol. The molecule has 0 aliphatic heterocycles. The van der Waals surface area contributed by atoms with Gasteiger partial charge in [-0.15, -0.1) is 0 Å². The SMILES string of the molecule is CCc1cc(CC(CNC)c2ccccc2)n(CC)n1. The lowest BCUT2D eigenvalue weighted by molar-refractivity contribution is 0.562. The van der Waals surface area contributed by atoms with Crippen LogP contribution in [0.2, 0.25) is 0 Å². The molecule has 1 unspecified atom stereocenters. The number of aromatic nitrogens is 2. The fraction of sp³-hybridized carbons (Fsp3) is 0.471. The zero-order chi connectivity index (χ0) is 14.4. The first-order valence-corrected chi connectivity index (χ1v) is 7.53. The molecule has 0 fully saturated rings. The molecular formula is C17H25N3. The number of likely N-dealkylation sites (N-methyl/N-ethyl adjacent to an activating group) is 1. The molecule has 0 saturated carbocycles. The molecular weight excluding hydrogens is 246 g/mol. The van der Waals surface area contributed by atoms with Crippen LogP contribution in [0.15, 0.2) is 36.4 Å². The van der Waals surface area contributed by atoms with Crippen LogP contribution in [-0.4, -0.2) is 23.4 Å². The lowest BCUT2D eigenvalue weighted by Gasteiger charge is -2.17. The van der Waals surface area contributed by atoms with Gasteiger partial charge in [0.05, 0.1) is 5.69 Å². The first-order valence-electron chi connectivity index (χ1n) is 7.53. The van der Waals surface area contributed by atoms with E-state index in [0.29, 0.717) is 5.92 Å². The Hall–Kier alpha value is -1.61. The largest absolute Gasteiger partial charge is 0.319 e. The van der Waals surface area contributed by atoms with Crippen molar-refractivity contribution >= 4 is 0 Å². The number of benzene rings is 1. The van der Waals surface area contributed by atoms with Crippen molar-refractivity contribution in [3.05, 3.63) is 53.3 Å². The quantitative estimate of drug-likeness (QED) is 0.839. The molecule has 0 aliphatic rings. The first-order chi connectivity index (χ1) is 9.78. The van der Waals surface area contributed by atoms with E-state index < -0.39 is 0 Å². The van der Waals surface area contributed by atoms with E-state index >= 15 is 0 Å². The van der Waals surface area contributed by atoms with Gasteiger partial charge in [-0.2, -0.15) is 5.10 Å². The highest BCUT2D eigenvalue weighted by Crippen LogP contribution is 2.21. The Kier molecular flexibility index (Phi) is 5.36. The predicted molar refractivity (Wildman–Crippen MR) is 84.1 cm³/mol. The van der Waals surface area contributed by atoms with Gasteiger partial charge in [-0.05, 0) is 38.4 Å². The molecule has 0 aliphatic carbocycles. The molecule has 0 spiro atoms. The molecule has 0 radical (unpaired) electrons. The number of rotatable bonds is 7. The summed E-state index contributed by atoms with van der Waals surface area (Å²) in [6, 6.07) is 13.0. The highest BCUT2D eigenvalue weighted by molar-refractivity contribution is 5.23. The molecule has 3 nitrogen and oxygen atoms in total. The van der Waals surface area contributed by atoms with Gasteiger partial charge in [-0.25, -0.2) is 0 Å². The number of hydrogen-bond donors (Lipinski definition) is 1. The molecule has 1 atom stereocenters. The second kappa shape index (κ2) is 7.25. The van der Waals surface area contributed by atoms with Crippen molar-refractivity contribution in [1.29, 1.82) is 0 Å². The third kappa shape index (κ3) is 3.48. The monoisotopic (exact) mass is 271 g/mol. The second-order valence-corrected chi connectivity index (χ2v) is 5.17. The molecule has 1 aromatic carbocycles. The Morgan fingerprint density at radius 3 is 2.55 bits per heavy atom. The molecule has 0 amide bonds. The lowest BCUT2D eigenvalue weighted by atomic mass is 9.94. The van der Waals surface area contributed by atoms with Crippen LogP contribution in [0.3, 0.4) is 0 Å². The standard InChI is InChI=1S/C17H25N3/c1-4-16-12-17(20(5-2)19-16)11-15(13-18-3)14-9-7-6-8-10-14/h6-10,12,15,18H,4-5,11,13H2,1-3H3. The van der Waals surface area contributed by atoms with Crippen LogP contribution in [0.25, 0.3) is 0 Å². The second-order valence-electron chi connectivity index (χ2n) is 5.17. The molecule has 1 heterocycles. The van der Waals surface area contributed by atoms with Crippen molar-refractivity contribution in [3.63, 3.8) is 0 Å². The van der Waals surface area contributed by atoms with Crippen molar-refractivity contribution in [2.24, 2.45) is 0 Å². The van der Waals surface area contributed by atoms with Crippen LogP contribution in [0, 0.1) is 0 Å². The van der Waals surface area contributed by atoms with Crippen molar-refractivity contribution < 1.29 is 0 Å². The van der Waals surface area contributed by atoms with E-state index in [9.17, 15) is 0 Å². The van der Waals surface area contributed by atoms with Gasteiger partial charge in [-0.1, -0.05) is 37.3 Å². The topological polar surface area (TPSA) is 29.9 Å². The van der Waals surface area contributed by atoms with Crippen LogP contribution in [0.1, 0.15) is 36.7 Å². The minimum Gasteiger partial charge on any atom is -0.319 e. The maximum Gasteiger partial charge on any atom is 0.0624 e. The maximum atomic E-state index is 4.65. The molecule has 20 heavy (non-hydrogen) atoms. The van der Waals surface area contributed by atoms with Crippen LogP contribution in [-0.2, 0) is 19.4 Å². The molecule has 2 aromatic rings. The van der Waals surface area contributed by atoms with Gasteiger partial charge in [0, 0.05) is 24.7 Å². The third-order valence-electron chi connectivity index (χ3n) is 3.75. The Labute approximate surface area is 122 Å². The minimum atomic E-state index is 0.493. The van der Waals surface area contributed by atoms with E-state index in [4.69, 9.17) is 0 Å². The van der Waals surface area contributed by atoms with Crippen molar-refractivity contribution in [1.82, 2.24) is 15.1 Å². The van der Waals surface area contributed by atoms with Gasteiger partial charge in [0.2, 0.25) is 0 Å². The summed E-state index contributed by atoms with van der Waals surface area (Å²) in [5.74, 6) is 0.493. The summed E-state index contributed by atoms with van der Waals surface area (Å²) in [5.41, 5.74) is 3.93. The molecule has 3 heteroatoms. The summed E-state index contributed by atoms with van der Waals surface area (Å²) in [6.07, 6.45) is 2.04. The van der Waals surface area contributed by atoms with Gasteiger partial charge < -0.3 is 5.32 Å². The number of nitrogens with one attached hydrogen (secondary N) is 1. The molecule has 108 valence electrons. The predicted octanol–water partition coefficient (Wildman–Crippen LogP) is 3.01. The number of hydrogen-bond acceptors (Lipinski definition) is 2. The summed E-state index contributed by atoms with van der Waals surface area (Å²) < 4.78 is 2.14. The van der Waals surface area contributed by atoms with E-state index in [1.807, 2.05) is 7.05 Å². The van der Waals surface area contributed by atoms with E-state index in [1.165, 1.54) is 17.0 Å². The Balaban J connectivity index is 2.22. The molecule has 1 aromatic heterocycles. The normalized spacial score (nSPS) is 12.6. The summed E-state index contributed by atoms with van der Waals surface area (Å²) >= 11 is 0. The molecule has 0 bridgehead atoms. The summed E-state index contributed by atoms with van der Waals surface area (Å²) in [7, 11) is 2.02. The van der Waals surface area contributed by atoms with E-state index in [1.54, 1.807) is 0 Å². The van der Waals surface area contributed by atoms with Gasteiger partial charge in [0.1, 0.15) is 0 Å². The van der Waals surface area contributed by atoms with E-state index in [0.717, 1.165) is 25.9 Å². The molecule has 0 saturated heterocycles. The van der Waals surface area contributed by atoms with Crippen LogP contribution in [0.4, 0.5) is 0 Å². The van der Waals surface area contributed by atoms with Crippen LogP contribution < -0.4 is 5.32 Å². The fourth-order valence-corrected chi connectivity index (χ4v) is 2.66. The van der Waals surface area contributed by atoms with Gasteiger partial charge in [-0.3, -0.25) is 4.68 Å². The van der Waals surface area contributed by atoms with E-state index in [2.05, 4.69) is 65.3 Å². The Morgan fingerprint density at radius 2 is 1.95 bits per heavy atom.